The minimum Gasteiger partial charge on any atom is -0.496 e. The lowest BCUT2D eigenvalue weighted by molar-refractivity contribution is -0.122. The van der Waals surface area contributed by atoms with Crippen molar-refractivity contribution in [2.75, 3.05) is 21.3 Å². The fourth-order valence-corrected chi connectivity index (χ4v) is 3.75. The van der Waals surface area contributed by atoms with Crippen molar-refractivity contribution in [1.29, 1.82) is 0 Å². The van der Waals surface area contributed by atoms with Gasteiger partial charge in [-0.2, -0.15) is 0 Å². The molecular weight excluding hydrogens is 374 g/mol. The number of amides is 1. The first-order valence-corrected chi connectivity index (χ1v) is 8.87. The summed E-state index contributed by atoms with van der Waals surface area (Å²) in [4.78, 5) is 14.8. The number of carbonyl (C=O) groups is 1. The van der Waals surface area contributed by atoms with E-state index in [1.807, 2.05) is 0 Å². The maximum atomic E-state index is 12.7. The van der Waals surface area contributed by atoms with Crippen molar-refractivity contribution in [3.05, 3.63) is 46.8 Å². The highest BCUT2D eigenvalue weighted by Gasteiger charge is 2.33. The topological polar surface area (TPSA) is 61.1 Å². The van der Waals surface area contributed by atoms with E-state index in [9.17, 15) is 4.79 Å². The van der Waals surface area contributed by atoms with Gasteiger partial charge in [-0.05, 0) is 24.3 Å². The SMILES string of the molecule is COc1cc(OC)c(OC)cc1/C=C1\SC(=S)N(Cc2ccco2)C1=O. The van der Waals surface area contributed by atoms with E-state index in [0.29, 0.717) is 44.3 Å². The summed E-state index contributed by atoms with van der Waals surface area (Å²) >= 11 is 6.58. The van der Waals surface area contributed by atoms with Crippen molar-refractivity contribution in [3.63, 3.8) is 0 Å². The Balaban J connectivity index is 1.92. The Bertz CT molecular complexity index is 861. The summed E-state index contributed by atoms with van der Waals surface area (Å²) < 4.78 is 21.8. The third-order valence-electron chi connectivity index (χ3n) is 3.79. The molecule has 0 N–H and O–H groups in total. The number of furan rings is 1. The summed E-state index contributed by atoms with van der Waals surface area (Å²) in [5.74, 6) is 2.16. The molecule has 26 heavy (non-hydrogen) atoms. The average Bonchev–Trinajstić information content (AvgIpc) is 3.25. The molecular formula is C18H17NO5S2. The summed E-state index contributed by atoms with van der Waals surface area (Å²) in [6.45, 7) is 0.304. The number of thioether (sulfide) groups is 1. The molecule has 0 aliphatic carbocycles. The summed E-state index contributed by atoms with van der Waals surface area (Å²) in [5, 5.41) is 0. The molecule has 0 saturated carbocycles. The second kappa shape index (κ2) is 7.84. The Kier molecular flexibility index (Phi) is 5.53. The van der Waals surface area contributed by atoms with Gasteiger partial charge in [-0.3, -0.25) is 9.69 Å². The molecule has 136 valence electrons. The maximum Gasteiger partial charge on any atom is 0.266 e. The Morgan fingerprint density at radius 3 is 2.46 bits per heavy atom. The monoisotopic (exact) mass is 391 g/mol. The van der Waals surface area contributed by atoms with Crippen LogP contribution in [0.4, 0.5) is 0 Å². The number of hydrogen-bond acceptors (Lipinski definition) is 7. The number of nitrogens with zero attached hydrogens (tertiary/aromatic N) is 1. The van der Waals surface area contributed by atoms with Gasteiger partial charge in [0.15, 0.2) is 11.5 Å². The average molecular weight is 391 g/mol. The molecule has 0 unspecified atom stereocenters. The number of benzene rings is 1. The number of carbonyl (C=O) groups excluding carboxylic acids is 1. The predicted molar refractivity (Wildman–Crippen MR) is 104 cm³/mol. The lowest BCUT2D eigenvalue weighted by Crippen LogP contribution is -2.27. The number of thiocarbonyl (C=S) groups is 1. The van der Waals surface area contributed by atoms with Crippen molar-refractivity contribution in [2.45, 2.75) is 6.54 Å². The van der Waals surface area contributed by atoms with Gasteiger partial charge in [0.05, 0.1) is 39.0 Å². The van der Waals surface area contributed by atoms with Crippen LogP contribution in [-0.4, -0.2) is 36.5 Å². The van der Waals surface area contributed by atoms with Crippen molar-refractivity contribution < 1.29 is 23.4 Å². The van der Waals surface area contributed by atoms with Gasteiger partial charge < -0.3 is 18.6 Å². The molecule has 1 amide bonds. The van der Waals surface area contributed by atoms with E-state index in [1.54, 1.807) is 57.9 Å². The Morgan fingerprint density at radius 2 is 1.85 bits per heavy atom. The van der Waals surface area contributed by atoms with Crippen LogP contribution >= 0.6 is 24.0 Å². The maximum absolute atomic E-state index is 12.7. The van der Waals surface area contributed by atoms with Crippen LogP contribution in [0.3, 0.4) is 0 Å². The van der Waals surface area contributed by atoms with Gasteiger partial charge in [-0.1, -0.05) is 24.0 Å². The molecule has 1 fully saturated rings. The van der Waals surface area contributed by atoms with Crippen LogP contribution in [0.5, 0.6) is 17.2 Å². The highest BCUT2D eigenvalue weighted by molar-refractivity contribution is 8.26. The quantitative estimate of drug-likeness (QED) is 0.549. The van der Waals surface area contributed by atoms with Gasteiger partial charge in [-0.15, -0.1) is 0 Å². The summed E-state index contributed by atoms with van der Waals surface area (Å²) in [6, 6.07) is 7.06. The fourth-order valence-electron chi connectivity index (χ4n) is 2.50. The lowest BCUT2D eigenvalue weighted by Gasteiger charge is -2.13. The third-order valence-corrected chi connectivity index (χ3v) is 5.17. The van der Waals surface area contributed by atoms with E-state index in [4.69, 9.17) is 30.8 Å². The molecule has 2 heterocycles. The van der Waals surface area contributed by atoms with E-state index < -0.39 is 0 Å². The molecule has 8 heteroatoms. The zero-order chi connectivity index (χ0) is 18.7. The molecule has 6 nitrogen and oxygen atoms in total. The van der Waals surface area contributed by atoms with Crippen molar-refractivity contribution in [3.8, 4) is 17.2 Å². The molecule has 2 aromatic rings. The smallest absolute Gasteiger partial charge is 0.266 e. The largest absolute Gasteiger partial charge is 0.496 e. The van der Waals surface area contributed by atoms with Crippen LogP contribution in [0, 0.1) is 0 Å². The zero-order valence-corrected chi connectivity index (χ0v) is 16.1. The number of rotatable bonds is 6. The molecule has 1 aromatic carbocycles. The standard InChI is InChI=1S/C18H17NO5S2/c1-21-13-9-15(23-3)14(22-2)7-11(13)8-16-17(20)19(18(25)26-16)10-12-5-4-6-24-12/h4-9H,10H2,1-3H3/b16-8-. The Hall–Kier alpha value is -2.45. The van der Waals surface area contributed by atoms with Crippen molar-refractivity contribution in [2.24, 2.45) is 0 Å². The lowest BCUT2D eigenvalue weighted by atomic mass is 10.1. The minimum absolute atomic E-state index is 0.173. The molecule has 0 radical (unpaired) electrons. The van der Waals surface area contributed by atoms with Gasteiger partial charge in [-0.25, -0.2) is 0 Å². The predicted octanol–water partition coefficient (Wildman–Crippen LogP) is 3.71. The van der Waals surface area contributed by atoms with Crippen LogP contribution in [0.2, 0.25) is 0 Å². The molecule has 3 rings (SSSR count). The van der Waals surface area contributed by atoms with Crippen LogP contribution in [0.15, 0.2) is 39.9 Å². The first-order valence-electron chi connectivity index (χ1n) is 7.65. The molecule has 1 aliphatic rings. The van der Waals surface area contributed by atoms with Gasteiger partial charge in [0.25, 0.3) is 5.91 Å². The molecule has 1 aliphatic heterocycles. The summed E-state index contributed by atoms with van der Waals surface area (Å²) in [6.07, 6.45) is 3.31. The normalized spacial score (nSPS) is 15.7. The number of methoxy groups -OCH3 is 3. The zero-order valence-electron chi connectivity index (χ0n) is 14.5. The fraction of sp³-hybridized carbons (Fsp3) is 0.222. The van der Waals surface area contributed by atoms with Gasteiger partial charge >= 0.3 is 0 Å². The molecule has 1 aromatic heterocycles. The van der Waals surface area contributed by atoms with Gasteiger partial charge in [0, 0.05) is 11.6 Å². The second-order valence-electron chi connectivity index (χ2n) is 5.30. The van der Waals surface area contributed by atoms with Gasteiger partial charge in [0.1, 0.15) is 15.8 Å². The van der Waals surface area contributed by atoms with Crippen LogP contribution in [0.25, 0.3) is 6.08 Å². The van der Waals surface area contributed by atoms with Crippen molar-refractivity contribution >= 4 is 40.3 Å². The minimum atomic E-state index is -0.173. The summed E-state index contributed by atoms with van der Waals surface area (Å²) in [7, 11) is 4.66. The van der Waals surface area contributed by atoms with Crippen LogP contribution < -0.4 is 14.2 Å². The van der Waals surface area contributed by atoms with Crippen LogP contribution in [0.1, 0.15) is 11.3 Å². The van der Waals surface area contributed by atoms with E-state index in [2.05, 4.69) is 0 Å². The van der Waals surface area contributed by atoms with Crippen molar-refractivity contribution in [1.82, 2.24) is 4.90 Å². The van der Waals surface area contributed by atoms with E-state index in [-0.39, 0.29) is 5.91 Å². The second-order valence-corrected chi connectivity index (χ2v) is 6.97. The van der Waals surface area contributed by atoms with Gasteiger partial charge in [0.2, 0.25) is 0 Å². The summed E-state index contributed by atoms with van der Waals surface area (Å²) in [5.41, 5.74) is 0.698. The molecule has 1 saturated heterocycles. The van der Waals surface area contributed by atoms with E-state index >= 15 is 0 Å². The van der Waals surface area contributed by atoms with E-state index in [1.165, 1.54) is 16.7 Å². The number of hydrogen-bond donors (Lipinski definition) is 0. The first kappa shape index (κ1) is 18.3. The Morgan fingerprint density at radius 1 is 1.15 bits per heavy atom. The molecule has 0 spiro atoms. The molecule has 0 atom stereocenters. The first-order chi connectivity index (χ1) is 12.6. The van der Waals surface area contributed by atoms with Crippen LogP contribution in [-0.2, 0) is 11.3 Å². The highest BCUT2D eigenvalue weighted by Crippen LogP contribution is 2.39. The molecule has 0 bridgehead atoms. The Labute approximate surface area is 160 Å². The number of ether oxygens (including phenoxy) is 3. The van der Waals surface area contributed by atoms with E-state index in [0.717, 1.165) is 0 Å². The highest BCUT2D eigenvalue weighted by atomic mass is 32.2. The third kappa shape index (κ3) is 3.56.